The third kappa shape index (κ3) is 3.57. The Morgan fingerprint density at radius 1 is 1.12 bits per heavy atom. The van der Waals surface area contributed by atoms with Gasteiger partial charge < -0.3 is 10.1 Å². The van der Waals surface area contributed by atoms with Gasteiger partial charge in [0.2, 0.25) is 0 Å². The quantitative estimate of drug-likeness (QED) is 0.578. The average Bonchev–Trinajstić information content (AvgIpc) is 3.04. The monoisotopic (exact) mass is 366 g/mol. The average molecular weight is 367 g/mol. The molecule has 0 aliphatic rings. The number of nitrogens with zero attached hydrogens (tertiary/aromatic N) is 5. The summed E-state index contributed by atoms with van der Waals surface area (Å²) in [5, 5.41) is 16.7. The van der Waals surface area contributed by atoms with Crippen LogP contribution in [0.1, 0.15) is 11.5 Å². The summed E-state index contributed by atoms with van der Waals surface area (Å²) in [5.74, 6) is 1.91. The van der Waals surface area contributed by atoms with Crippen LogP contribution < -0.4 is 10.1 Å². The van der Waals surface area contributed by atoms with Gasteiger partial charge in [-0.1, -0.05) is 17.7 Å². The van der Waals surface area contributed by atoms with Gasteiger partial charge in [-0.2, -0.15) is 4.52 Å². The van der Waals surface area contributed by atoms with Crippen LogP contribution in [-0.2, 0) is 6.61 Å². The minimum absolute atomic E-state index is 0.236. The predicted molar refractivity (Wildman–Crippen MR) is 98.8 cm³/mol. The van der Waals surface area contributed by atoms with Gasteiger partial charge in [-0.25, -0.2) is 0 Å². The summed E-state index contributed by atoms with van der Waals surface area (Å²) in [4.78, 5) is 4.21. The van der Waals surface area contributed by atoms with Crippen molar-refractivity contribution in [3.63, 3.8) is 0 Å². The van der Waals surface area contributed by atoms with Crippen LogP contribution in [0.3, 0.4) is 0 Å². The van der Waals surface area contributed by atoms with Crippen LogP contribution in [0.4, 0.5) is 11.5 Å². The van der Waals surface area contributed by atoms with Crippen LogP contribution in [0.5, 0.6) is 5.75 Å². The van der Waals surface area contributed by atoms with Crippen molar-refractivity contribution in [1.82, 2.24) is 24.8 Å². The molecule has 1 N–H and O–H groups in total. The molecule has 3 aromatic heterocycles. The maximum atomic E-state index is 6.02. The number of fused-ring (bicyclic) bond motifs is 1. The third-order valence-corrected chi connectivity index (χ3v) is 3.91. The number of aromatic nitrogens is 5. The summed E-state index contributed by atoms with van der Waals surface area (Å²) >= 11 is 6.02. The molecule has 0 saturated carbocycles. The molecule has 8 heteroatoms. The van der Waals surface area contributed by atoms with E-state index in [0.717, 1.165) is 11.4 Å². The highest BCUT2D eigenvalue weighted by Crippen LogP contribution is 2.19. The van der Waals surface area contributed by atoms with E-state index in [9.17, 15) is 0 Å². The molecule has 0 aliphatic carbocycles. The van der Waals surface area contributed by atoms with Gasteiger partial charge in [0.05, 0.1) is 6.20 Å². The number of nitrogens with one attached hydrogen (secondary N) is 1. The Kier molecular flexibility index (Phi) is 4.37. The fraction of sp³-hybridized carbons (Fsp3) is 0.111. The second-order valence-corrected chi connectivity index (χ2v) is 6.10. The van der Waals surface area contributed by atoms with Gasteiger partial charge in [0.1, 0.15) is 12.4 Å². The predicted octanol–water partition coefficient (Wildman–Crippen LogP) is 3.80. The minimum atomic E-state index is 0.236. The Morgan fingerprint density at radius 2 is 2.04 bits per heavy atom. The second kappa shape index (κ2) is 6.97. The van der Waals surface area contributed by atoms with E-state index in [4.69, 9.17) is 16.3 Å². The van der Waals surface area contributed by atoms with Crippen molar-refractivity contribution >= 4 is 28.8 Å². The van der Waals surface area contributed by atoms with Crippen LogP contribution in [0.2, 0.25) is 5.02 Å². The van der Waals surface area contributed by atoms with E-state index in [1.807, 2.05) is 55.5 Å². The number of hydrogen-bond donors (Lipinski definition) is 1. The molecule has 0 saturated heterocycles. The maximum Gasteiger partial charge on any atom is 0.192 e. The summed E-state index contributed by atoms with van der Waals surface area (Å²) in [5.41, 5.74) is 2.42. The van der Waals surface area contributed by atoms with Crippen molar-refractivity contribution < 1.29 is 4.74 Å². The molecule has 130 valence electrons. The van der Waals surface area contributed by atoms with Crippen LogP contribution in [0, 0.1) is 6.92 Å². The molecule has 0 unspecified atom stereocenters. The van der Waals surface area contributed by atoms with Crippen LogP contribution in [0.25, 0.3) is 5.65 Å². The van der Waals surface area contributed by atoms with E-state index in [-0.39, 0.29) is 6.61 Å². The molecule has 4 rings (SSSR count). The van der Waals surface area contributed by atoms with Crippen molar-refractivity contribution in [1.29, 1.82) is 0 Å². The smallest absolute Gasteiger partial charge is 0.192 e. The Labute approximate surface area is 154 Å². The first-order chi connectivity index (χ1) is 12.7. The Hall–Kier alpha value is -3.19. The van der Waals surface area contributed by atoms with E-state index >= 15 is 0 Å². The van der Waals surface area contributed by atoms with E-state index in [2.05, 4.69) is 25.6 Å². The number of benzene rings is 1. The van der Waals surface area contributed by atoms with Crippen LogP contribution in [0.15, 0.2) is 54.7 Å². The van der Waals surface area contributed by atoms with E-state index in [0.29, 0.717) is 28.1 Å². The normalized spacial score (nSPS) is 10.8. The molecule has 7 nitrogen and oxygen atoms in total. The zero-order valence-corrected chi connectivity index (χ0v) is 14.7. The second-order valence-electron chi connectivity index (χ2n) is 5.66. The summed E-state index contributed by atoms with van der Waals surface area (Å²) in [6.07, 6.45) is 1.68. The topological polar surface area (TPSA) is 77.2 Å². The van der Waals surface area contributed by atoms with E-state index in [1.54, 1.807) is 10.7 Å². The van der Waals surface area contributed by atoms with Gasteiger partial charge in [0.25, 0.3) is 0 Å². The van der Waals surface area contributed by atoms with Crippen LogP contribution >= 0.6 is 11.6 Å². The van der Waals surface area contributed by atoms with Gasteiger partial charge in [0, 0.05) is 16.4 Å². The first-order valence-corrected chi connectivity index (χ1v) is 8.34. The highest BCUT2D eigenvalue weighted by Gasteiger charge is 2.09. The van der Waals surface area contributed by atoms with Crippen molar-refractivity contribution in [3.8, 4) is 5.75 Å². The number of ether oxygens (including phenoxy) is 1. The van der Waals surface area contributed by atoms with Gasteiger partial charge in [0.15, 0.2) is 17.3 Å². The number of anilines is 2. The summed E-state index contributed by atoms with van der Waals surface area (Å²) < 4.78 is 7.37. The fourth-order valence-corrected chi connectivity index (χ4v) is 2.58. The van der Waals surface area contributed by atoms with Gasteiger partial charge >= 0.3 is 0 Å². The lowest BCUT2D eigenvalue weighted by Gasteiger charge is -2.07. The molecular formula is C18H15ClN6O. The molecule has 3 heterocycles. The lowest BCUT2D eigenvalue weighted by molar-refractivity contribution is 0.291. The minimum Gasteiger partial charge on any atom is -0.484 e. The summed E-state index contributed by atoms with van der Waals surface area (Å²) in [6, 6.07) is 14.9. The lowest BCUT2D eigenvalue weighted by Crippen LogP contribution is -2.06. The van der Waals surface area contributed by atoms with Crippen molar-refractivity contribution in [2.75, 3.05) is 5.32 Å². The Bertz CT molecular complexity index is 1050. The van der Waals surface area contributed by atoms with Gasteiger partial charge in [-0.15, -0.1) is 15.3 Å². The van der Waals surface area contributed by atoms with Crippen molar-refractivity contribution in [2.24, 2.45) is 0 Å². The molecule has 26 heavy (non-hydrogen) atoms. The Morgan fingerprint density at radius 3 is 2.85 bits per heavy atom. The highest BCUT2D eigenvalue weighted by molar-refractivity contribution is 6.30. The van der Waals surface area contributed by atoms with E-state index < -0.39 is 0 Å². The number of pyridine rings is 1. The first kappa shape index (κ1) is 16.3. The zero-order chi connectivity index (χ0) is 17.9. The molecule has 0 fully saturated rings. The standard InChI is InChI=1S/C18H15ClN6O/c1-12-5-6-15(10-20-12)26-11-18-23-22-17-8-7-16(24-25(17)18)21-14-4-2-3-13(19)9-14/h2-10H,11H2,1H3,(H,21,24). The molecule has 0 amide bonds. The third-order valence-electron chi connectivity index (χ3n) is 3.68. The SMILES string of the molecule is Cc1ccc(OCc2nnc3ccc(Nc4cccc(Cl)c4)nn23)cn1. The highest BCUT2D eigenvalue weighted by atomic mass is 35.5. The van der Waals surface area contributed by atoms with Crippen molar-refractivity contribution in [3.05, 3.63) is 71.3 Å². The molecule has 0 radical (unpaired) electrons. The van der Waals surface area contributed by atoms with Crippen LogP contribution in [-0.4, -0.2) is 24.8 Å². The van der Waals surface area contributed by atoms with E-state index in [1.165, 1.54) is 0 Å². The molecule has 0 aliphatic heterocycles. The number of aryl methyl sites for hydroxylation is 1. The molecule has 0 bridgehead atoms. The number of halogens is 1. The van der Waals surface area contributed by atoms with Gasteiger partial charge in [-0.3, -0.25) is 4.98 Å². The molecule has 4 aromatic rings. The Balaban J connectivity index is 1.55. The fourth-order valence-electron chi connectivity index (χ4n) is 2.39. The lowest BCUT2D eigenvalue weighted by atomic mass is 10.3. The largest absolute Gasteiger partial charge is 0.484 e. The summed E-state index contributed by atoms with van der Waals surface area (Å²) in [6.45, 7) is 2.16. The van der Waals surface area contributed by atoms with Gasteiger partial charge in [-0.05, 0) is 49.4 Å². The zero-order valence-electron chi connectivity index (χ0n) is 13.9. The van der Waals surface area contributed by atoms with Crippen molar-refractivity contribution in [2.45, 2.75) is 13.5 Å². The first-order valence-electron chi connectivity index (χ1n) is 7.97. The maximum absolute atomic E-state index is 6.02. The number of rotatable bonds is 5. The molecular weight excluding hydrogens is 352 g/mol. The molecule has 0 spiro atoms. The molecule has 1 aromatic carbocycles. The number of hydrogen-bond acceptors (Lipinski definition) is 6. The summed E-state index contributed by atoms with van der Waals surface area (Å²) in [7, 11) is 0. The molecule has 0 atom stereocenters.